The Bertz CT molecular complexity index is 1370. The van der Waals surface area contributed by atoms with Crippen molar-refractivity contribution in [1.29, 1.82) is 0 Å². The molecule has 1 saturated heterocycles. The van der Waals surface area contributed by atoms with Crippen LogP contribution >= 0.6 is 0 Å². The molecule has 0 radical (unpaired) electrons. The number of para-hydroxylation sites is 2. The molecule has 3 aromatic rings. The van der Waals surface area contributed by atoms with Gasteiger partial charge in [-0.25, -0.2) is 4.39 Å². The zero-order valence-corrected chi connectivity index (χ0v) is 22.9. The molecule has 2 amide bonds. The average Bonchev–Trinajstić information content (AvgIpc) is 2.99. The molecule has 5 rings (SSSR count). The van der Waals surface area contributed by atoms with Crippen LogP contribution in [-0.2, 0) is 11.3 Å². The molecule has 1 fully saturated rings. The highest BCUT2D eigenvalue weighted by Crippen LogP contribution is 2.36. The molecular formula is C33H36FN3O3. The number of piperidine rings is 1. The molecule has 2 aliphatic heterocycles. The molecule has 0 saturated carbocycles. The lowest BCUT2D eigenvalue weighted by atomic mass is 10.00. The van der Waals surface area contributed by atoms with Crippen molar-refractivity contribution in [3.8, 4) is 5.75 Å². The summed E-state index contributed by atoms with van der Waals surface area (Å²) < 4.78 is 20.3. The predicted octanol–water partition coefficient (Wildman–Crippen LogP) is 6.18. The Morgan fingerprint density at radius 3 is 2.62 bits per heavy atom. The summed E-state index contributed by atoms with van der Waals surface area (Å²) >= 11 is 0. The van der Waals surface area contributed by atoms with Crippen LogP contribution in [0.5, 0.6) is 5.75 Å². The largest absolute Gasteiger partial charge is 0.449 e. The highest BCUT2D eigenvalue weighted by atomic mass is 19.1. The van der Waals surface area contributed by atoms with Crippen LogP contribution in [0.25, 0.3) is 6.08 Å². The number of amides is 2. The minimum Gasteiger partial charge on any atom is -0.449 e. The maximum absolute atomic E-state index is 14.4. The molecule has 1 unspecified atom stereocenters. The highest BCUT2D eigenvalue weighted by Gasteiger charge is 2.30. The highest BCUT2D eigenvalue weighted by molar-refractivity contribution is 6.09. The fourth-order valence-electron chi connectivity index (χ4n) is 5.50. The van der Waals surface area contributed by atoms with Gasteiger partial charge in [0.2, 0.25) is 0 Å². The van der Waals surface area contributed by atoms with E-state index in [2.05, 4.69) is 17.1 Å². The third-order valence-electron chi connectivity index (χ3n) is 7.72. The number of carbonyl (C=O) groups excluding carboxylic acids is 2. The van der Waals surface area contributed by atoms with Crippen molar-refractivity contribution in [1.82, 2.24) is 10.2 Å². The van der Waals surface area contributed by atoms with Gasteiger partial charge >= 0.3 is 0 Å². The van der Waals surface area contributed by atoms with Crippen LogP contribution in [0.2, 0.25) is 0 Å². The van der Waals surface area contributed by atoms with E-state index in [-0.39, 0.29) is 29.9 Å². The van der Waals surface area contributed by atoms with Crippen LogP contribution in [-0.4, -0.2) is 42.4 Å². The van der Waals surface area contributed by atoms with E-state index in [1.165, 1.54) is 36.6 Å². The summed E-state index contributed by atoms with van der Waals surface area (Å²) in [5, 5.41) is 3.03. The monoisotopic (exact) mass is 541 g/mol. The molecule has 6 nitrogen and oxygen atoms in total. The number of rotatable bonds is 9. The van der Waals surface area contributed by atoms with Crippen LogP contribution in [0.1, 0.15) is 60.5 Å². The summed E-state index contributed by atoms with van der Waals surface area (Å²) in [5.41, 5.74) is 2.30. The number of carbonyl (C=O) groups is 2. The molecule has 2 heterocycles. The maximum Gasteiger partial charge on any atom is 0.294 e. The van der Waals surface area contributed by atoms with Crippen molar-refractivity contribution in [3.05, 3.63) is 101 Å². The number of hydrogen-bond donors (Lipinski definition) is 1. The molecule has 1 N–H and O–H groups in total. The molecular weight excluding hydrogens is 505 g/mol. The fourth-order valence-corrected chi connectivity index (χ4v) is 5.50. The van der Waals surface area contributed by atoms with E-state index in [1.54, 1.807) is 60.7 Å². The van der Waals surface area contributed by atoms with E-state index in [0.717, 1.165) is 25.1 Å². The molecule has 1 atom stereocenters. The molecule has 0 aromatic heterocycles. The van der Waals surface area contributed by atoms with Crippen LogP contribution in [0.15, 0.2) is 78.6 Å². The minimum absolute atomic E-state index is 0.0825. The Labute approximate surface area is 235 Å². The van der Waals surface area contributed by atoms with E-state index in [4.69, 9.17) is 4.74 Å². The lowest BCUT2D eigenvalue weighted by Crippen LogP contribution is -2.40. The molecule has 7 heteroatoms. The van der Waals surface area contributed by atoms with Crippen LogP contribution in [0, 0.1) is 5.82 Å². The number of nitrogens with one attached hydrogen (secondary N) is 1. The third-order valence-corrected chi connectivity index (χ3v) is 7.72. The van der Waals surface area contributed by atoms with Crippen molar-refractivity contribution < 1.29 is 18.7 Å². The Morgan fingerprint density at radius 1 is 1.05 bits per heavy atom. The average molecular weight is 542 g/mol. The van der Waals surface area contributed by atoms with Gasteiger partial charge in [-0.15, -0.1) is 0 Å². The Morgan fingerprint density at radius 2 is 1.82 bits per heavy atom. The molecule has 0 bridgehead atoms. The van der Waals surface area contributed by atoms with Crippen LogP contribution in [0.3, 0.4) is 0 Å². The molecule has 0 spiro atoms. The third kappa shape index (κ3) is 6.42. The van der Waals surface area contributed by atoms with E-state index in [1.807, 2.05) is 12.1 Å². The lowest BCUT2D eigenvalue weighted by Gasteiger charge is -2.35. The number of anilines is 1. The van der Waals surface area contributed by atoms with Gasteiger partial charge in [-0.2, -0.15) is 0 Å². The SMILES string of the molecule is CCC1CCCCN1CCCNC(=O)c1ccc(C=C2Oc3ccccc3N(Cc3ccccc3F)C2=O)cc1. The Hall–Kier alpha value is -3.97. The molecule has 3 aromatic carbocycles. The molecule has 40 heavy (non-hydrogen) atoms. The smallest absolute Gasteiger partial charge is 0.294 e. The van der Waals surface area contributed by atoms with E-state index >= 15 is 0 Å². The first-order valence-electron chi connectivity index (χ1n) is 14.2. The van der Waals surface area contributed by atoms with Crippen LogP contribution < -0.4 is 15.0 Å². The van der Waals surface area contributed by atoms with Crippen molar-refractivity contribution >= 4 is 23.6 Å². The standard InChI is InChI=1S/C33H36FN3O3/c1-2-27-11-7-8-20-36(27)21-9-19-35-32(38)25-17-15-24(16-18-25)22-31-33(39)37(23-26-10-3-4-12-28(26)34)29-13-5-6-14-30(29)40-31/h3-6,10,12-18,22,27H,2,7-9,11,19-21,23H2,1H3,(H,35,38). The fraction of sp³-hybridized carbons (Fsp3) is 0.333. The molecule has 2 aliphatic rings. The number of hydrogen-bond acceptors (Lipinski definition) is 4. The maximum atomic E-state index is 14.4. The molecule has 0 aliphatic carbocycles. The van der Waals surface area contributed by atoms with Gasteiger partial charge in [0.25, 0.3) is 11.8 Å². The number of nitrogens with zero attached hydrogens (tertiary/aromatic N) is 2. The van der Waals surface area contributed by atoms with Gasteiger partial charge in [0.1, 0.15) is 5.82 Å². The van der Waals surface area contributed by atoms with Gasteiger partial charge in [-0.1, -0.05) is 55.8 Å². The van der Waals surface area contributed by atoms with Gasteiger partial charge in [0.15, 0.2) is 11.5 Å². The topological polar surface area (TPSA) is 61.9 Å². The number of halogens is 1. The second-order valence-corrected chi connectivity index (χ2v) is 10.4. The number of benzene rings is 3. The van der Waals surface area contributed by atoms with Gasteiger partial charge in [0, 0.05) is 30.3 Å². The number of likely N-dealkylation sites (tertiary alicyclic amines) is 1. The van der Waals surface area contributed by atoms with Gasteiger partial charge in [-0.05, 0) is 74.2 Å². The Kier molecular flexibility index (Phi) is 8.91. The quantitative estimate of drug-likeness (QED) is 0.260. The first-order valence-corrected chi connectivity index (χ1v) is 14.2. The number of fused-ring (bicyclic) bond motifs is 1. The van der Waals surface area contributed by atoms with Gasteiger partial charge in [-0.3, -0.25) is 14.5 Å². The lowest BCUT2D eigenvalue weighted by molar-refractivity contribution is -0.117. The zero-order valence-electron chi connectivity index (χ0n) is 22.9. The first kappa shape index (κ1) is 27.6. The second kappa shape index (κ2) is 12.9. The second-order valence-electron chi connectivity index (χ2n) is 10.4. The minimum atomic E-state index is -0.365. The first-order chi connectivity index (χ1) is 19.5. The number of ether oxygens (including phenoxy) is 1. The normalized spacial score (nSPS) is 18.4. The zero-order chi connectivity index (χ0) is 27.9. The van der Waals surface area contributed by atoms with E-state index in [9.17, 15) is 14.0 Å². The summed E-state index contributed by atoms with van der Waals surface area (Å²) in [7, 11) is 0. The summed E-state index contributed by atoms with van der Waals surface area (Å²) in [5.74, 6) is -0.177. The van der Waals surface area contributed by atoms with E-state index in [0.29, 0.717) is 35.2 Å². The van der Waals surface area contributed by atoms with E-state index < -0.39 is 0 Å². The summed E-state index contributed by atoms with van der Waals surface area (Å²) in [4.78, 5) is 30.2. The van der Waals surface area contributed by atoms with Crippen molar-refractivity contribution in [2.24, 2.45) is 0 Å². The van der Waals surface area contributed by atoms with Crippen molar-refractivity contribution in [2.75, 3.05) is 24.5 Å². The van der Waals surface area contributed by atoms with Crippen molar-refractivity contribution in [3.63, 3.8) is 0 Å². The van der Waals surface area contributed by atoms with Crippen LogP contribution in [0.4, 0.5) is 10.1 Å². The summed E-state index contributed by atoms with van der Waals surface area (Å²) in [6.45, 7) is 5.14. The van der Waals surface area contributed by atoms with Crippen molar-refractivity contribution in [2.45, 2.75) is 51.6 Å². The predicted molar refractivity (Wildman–Crippen MR) is 156 cm³/mol. The van der Waals surface area contributed by atoms with Gasteiger partial charge < -0.3 is 15.0 Å². The molecule has 208 valence electrons. The summed E-state index contributed by atoms with van der Waals surface area (Å²) in [6, 6.07) is 21.4. The summed E-state index contributed by atoms with van der Waals surface area (Å²) in [6.07, 6.45) is 7.61. The Balaban J connectivity index is 1.22. The van der Waals surface area contributed by atoms with Gasteiger partial charge in [0.05, 0.1) is 12.2 Å².